The average Bonchev–Trinajstić information content (AvgIpc) is 2.81. The van der Waals surface area contributed by atoms with E-state index in [9.17, 15) is 4.79 Å². The predicted octanol–water partition coefficient (Wildman–Crippen LogP) is 2.00. The molecule has 4 nitrogen and oxygen atoms in total. The van der Waals surface area contributed by atoms with Crippen LogP contribution in [0.3, 0.4) is 0 Å². The summed E-state index contributed by atoms with van der Waals surface area (Å²) in [7, 11) is 0. The second-order valence-electron chi connectivity index (χ2n) is 4.25. The van der Waals surface area contributed by atoms with Crippen molar-refractivity contribution >= 4 is 17.3 Å². The Morgan fingerprint density at radius 2 is 2.56 bits per heavy atom. The van der Waals surface area contributed by atoms with Crippen molar-refractivity contribution in [2.45, 2.75) is 25.8 Å². The van der Waals surface area contributed by atoms with Gasteiger partial charge in [0.15, 0.2) is 0 Å². The number of carbonyl (C=O) groups is 1. The van der Waals surface area contributed by atoms with Gasteiger partial charge in [-0.15, -0.1) is 11.3 Å². The normalized spacial score (nSPS) is 24.2. The Hall–Kier alpha value is -0.940. The van der Waals surface area contributed by atoms with Gasteiger partial charge in [-0.3, -0.25) is 14.7 Å². The van der Waals surface area contributed by atoms with Crippen LogP contribution in [0.5, 0.6) is 0 Å². The molecule has 0 spiro atoms. The number of aromatic nitrogens is 1. The maximum Gasteiger partial charge on any atom is 0.307 e. The molecule has 1 fully saturated rings. The number of nitrogens with zero attached hydrogens (tertiary/aromatic N) is 2. The summed E-state index contributed by atoms with van der Waals surface area (Å²) in [6, 6.07) is 0.287. The molecule has 0 bridgehead atoms. The van der Waals surface area contributed by atoms with Crippen LogP contribution in [-0.2, 0) is 4.79 Å². The molecule has 0 radical (unpaired) electrons. The van der Waals surface area contributed by atoms with Gasteiger partial charge in [0.25, 0.3) is 0 Å². The van der Waals surface area contributed by atoms with Crippen molar-refractivity contribution in [1.29, 1.82) is 0 Å². The molecule has 1 N–H and O–H groups in total. The maximum absolute atomic E-state index is 11.0. The summed E-state index contributed by atoms with van der Waals surface area (Å²) in [6.07, 6.45) is 3.65. The number of piperidine rings is 1. The Balaban J connectivity index is 2.01. The van der Waals surface area contributed by atoms with Crippen LogP contribution in [0.15, 0.2) is 11.7 Å². The molecule has 2 atom stereocenters. The maximum atomic E-state index is 11.0. The zero-order valence-corrected chi connectivity index (χ0v) is 10.1. The smallest absolute Gasteiger partial charge is 0.307 e. The van der Waals surface area contributed by atoms with Crippen molar-refractivity contribution < 1.29 is 9.90 Å². The van der Waals surface area contributed by atoms with Crippen molar-refractivity contribution in [3.63, 3.8) is 0 Å². The van der Waals surface area contributed by atoms with E-state index < -0.39 is 5.97 Å². The molecule has 16 heavy (non-hydrogen) atoms. The van der Waals surface area contributed by atoms with E-state index in [4.69, 9.17) is 5.11 Å². The highest BCUT2D eigenvalue weighted by Crippen LogP contribution is 2.28. The van der Waals surface area contributed by atoms with Gasteiger partial charge in [-0.1, -0.05) is 0 Å². The van der Waals surface area contributed by atoms with E-state index in [1.165, 1.54) is 4.88 Å². The lowest BCUT2D eigenvalue weighted by Crippen LogP contribution is -2.39. The van der Waals surface area contributed by atoms with E-state index in [0.717, 1.165) is 19.4 Å². The lowest BCUT2D eigenvalue weighted by atomic mass is 9.97. The molecule has 88 valence electrons. The Morgan fingerprint density at radius 1 is 1.75 bits per heavy atom. The summed E-state index contributed by atoms with van der Waals surface area (Å²) in [6.45, 7) is 3.77. The van der Waals surface area contributed by atoms with E-state index >= 15 is 0 Å². The van der Waals surface area contributed by atoms with E-state index in [-0.39, 0.29) is 12.0 Å². The third kappa shape index (κ3) is 2.41. The molecule has 1 saturated heterocycles. The Morgan fingerprint density at radius 3 is 3.19 bits per heavy atom. The van der Waals surface area contributed by atoms with Crippen molar-refractivity contribution in [2.75, 3.05) is 13.1 Å². The van der Waals surface area contributed by atoms with Gasteiger partial charge in [0.2, 0.25) is 0 Å². The van der Waals surface area contributed by atoms with Crippen molar-refractivity contribution in [2.24, 2.45) is 5.92 Å². The second-order valence-corrected chi connectivity index (χ2v) is 5.17. The van der Waals surface area contributed by atoms with Crippen LogP contribution in [0, 0.1) is 5.92 Å². The first-order valence-corrected chi connectivity index (χ1v) is 6.41. The van der Waals surface area contributed by atoms with Gasteiger partial charge < -0.3 is 5.11 Å². The molecule has 1 aromatic heterocycles. The van der Waals surface area contributed by atoms with Crippen LogP contribution in [0.4, 0.5) is 0 Å². The zero-order valence-electron chi connectivity index (χ0n) is 9.30. The third-order valence-corrected chi connectivity index (χ3v) is 4.16. The highest BCUT2D eigenvalue weighted by atomic mass is 32.1. The minimum atomic E-state index is -0.666. The summed E-state index contributed by atoms with van der Waals surface area (Å²) < 4.78 is 0. The summed E-state index contributed by atoms with van der Waals surface area (Å²) in [5.41, 5.74) is 1.82. The summed E-state index contributed by atoms with van der Waals surface area (Å²) >= 11 is 1.63. The Kier molecular flexibility index (Phi) is 3.56. The summed E-state index contributed by atoms with van der Waals surface area (Å²) in [4.78, 5) is 18.5. The molecule has 1 aliphatic heterocycles. The van der Waals surface area contributed by atoms with Crippen molar-refractivity contribution in [3.8, 4) is 0 Å². The number of carboxylic acids is 1. The number of hydrogen-bond acceptors (Lipinski definition) is 4. The van der Waals surface area contributed by atoms with Crippen LogP contribution >= 0.6 is 11.3 Å². The topological polar surface area (TPSA) is 53.4 Å². The molecule has 0 aromatic carbocycles. The minimum absolute atomic E-state index is 0.205. The largest absolute Gasteiger partial charge is 0.481 e. The fourth-order valence-corrected chi connectivity index (χ4v) is 2.88. The summed E-state index contributed by atoms with van der Waals surface area (Å²) in [5.74, 6) is -0.870. The number of carboxylic acid groups (broad SMARTS) is 1. The Labute approximate surface area is 98.9 Å². The molecular formula is C11H16N2O2S. The van der Waals surface area contributed by atoms with Gasteiger partial charge in [-0.25, -0.2) is 0 Å². The summed E-state index contributed by atoms with van der Waals surface area (Å²) in [5, 5.41) is 9.03. The van der Waals surface area contributed by atoms with E-state index in [0.29, 0.717) is 6.54 Å². The fraction of sp³-hybridized carbons (Fsp3) is 0.636. The van der Waals surface area contributed by atoms with Gasteiger partial charge in [0.1, 0.15) is 0 Å². The van der Waals surface area contributed by atoms with Crippen molar-refractivity contribution in [3.05, 3.63) is 16.6 Å². The number of thiazole rings is 1. The molecule has 1 aromatic rings. The first-order valence-electron chi connectivity index (χ1n) is 5.53. The molecule has 5 heteroatoms. The molecule has 2 heterocycles. The quantitative estimate of drug-likeness (QED) is 0.878. The second kappa shape index (κ2) is 4.93. The van der Waals surface area contributed by atoms with Crippen LogP contribution in [0.25, 0.3) is 0 Å². The van der Waals surface area contributed by atoms with E-state index in [1.54, 1.807) is 11.3 Å². The first-order chi connectivity index (χ1) is 7.68. The SMILES string of the molecule is CC(c1cncs1)N1CCCC(C(=O)O)C1. The Bertz CT molecular complexity index is 353. The number of likely N-dealkylation sites (tertiary alicyclic amines) is 1. The minimum Gasteiger partial charge on any atom is -0.481 e. The van der Waals surface area contributed by atoms with Crippen LogP contribution in [0.2, 0.25) is 0 Å². The number of hydrogen-bond donors (Lipinski definition) is 1. The van der Waals surface area contributed by atoms with Gasteiger partial charge in [0, 0.05) is 23.7 Å². The molecule has 0 amide bonds. The van der Waals surface area contributed by atoms with Crippen LogP contribution < -0.4 is 0 Å². The van der Waals surface area contributed by atoms with Crippen molar-refractivity contribution in [1.82, 2.24) is 9.88 Å². The van der Waals surface area contributed by atoms with Gasteiger partial charge in [0.05, 0.1) is 11.4 Å². The van der Waals surface area contributed by atoms with Crippen LogP contribution in [0.1, 0.15) is 30.7 Å². The highest BCUT2D eigenvalue weighted by Gasteiger charge is 2.28. The van der Waals surface area contributed by atoms with Crippen LogP contribution in [-0.4, -0.2) is 34.0 Å². The fourth-order valence-electron chi connectivity index (χ4n) is 2.17. The zero-order chi connectivity index (χ0) is 11.5. The number of rotatable bonds is 3. The molecule has 2 rings (SSSR count). The van der Waals surface area contributed by atoms with Gasteiger partial charge in [-0.05, 0) is 26.3 Å². The lowest BCUT2D eigenvalue weighted by molar-refractivity contribution is -0.143. The van der Waals surface area contributed by atoms with E-state index in [1.807, 2.05) is 11.7 Å². The molecule has 1 aliphatic rings. The van der Waals surface area contributed by atoms with E-state index in [2.05, 4.69) is 16.8 Å². The average molecular weight is 240 g/mol. The standard InChI is InChI=1S/C11H16N2O2S/c1-8(10-5-12-7-16-10)13-4-2-3-9(6-13)11(14)15/h5,7-9H,2-4,6H2,1H3,(H,14,15). The van der Waals surface area contributed by atoms with Gasteiger partial charge in [-0.2, -0.15) is 0 Å². The lowest BCUT2D eigenvalue weighted by Gasteiger charge is -2.34. The third-order valence-electron chi connectivity index (χ3n) is 3.21. The molecular weight excluding hydrogens is 224 g/mol. The molecule has 2 unspecified atom stereocenters. The first kappa shape index (κ1) is 11.5. The van der Waals surface area contributed by atoms with Gasteiger partial charge >= 0.3 is 5.97 Å². The molecule has 0 saturated carbocycles. The predicted molar refractivity (Wildman–Crippen MR) is 62.5 cm³/mol. The highest BCUT2D eigenvalue weighted by molar-refractivity contribution is 7.09. The number of aliphatic carboxylic acids is 1. The monoisotopic (exact) mass is 240 g/mol. The molecule has 0 aliphatic carbocycles.